The number of hydrogen-bond acceptors (Lipinski definition) is 5. The normalized spacial score (nSPS) is 11.0. The van der Waals surface area contributed by atoms with Gasteiger partial charge in [0.1, 0.15) is 5.75 Å². The van der Waals surface area contributed by atoms with Crippen molar-refractivity contribution in [3.63, 3.8) is 0 Å². The summed E-state index contributed by atoms with van der Waals surface area (Å²) >= 11 is 0. The molecule has 3 aromatic rings. The van der Waals surface area contributed by atoms with Crippen LogP contribution in [0.3, 0.4) is 0 Å². The summed E-state index contributed by atoms with van der Waals surface area (Å²) < 4.78 is 5.01. The van der Waals surface area contributed by atoms with Crippen molar-refractivity contribution in [2.45, 2.75) is 0 Å². The second-order valence-corrected chi connectivity index (χ2v) is 5.84. The number of fused-ring (bicyclic) bond motifs is 1. The van der Waals surface area contributed by atoms with Crippen LogP contribution in [0.4, 0.5) is 0 Å². The molecule has 1 heterocycles. The number of aromatic nitrogens is 1. The van der Waals surface area contributed by atoms with Gasteiger partial charge in [0.15, 0.2) is 17.3 Å². The Bertz CT molecular complexity index is 1040. The number of hydrogen-bond donors (Lipinski definition) is 4. The van der Waals surface area contributed by atoms with Crippen LogP contribution >= 0.6 is 0 Å². The van der Waals surface area contributed by atoms with E-state index in [-0.39, 0.29) is 23.8 Å². The van der Waals surface area contributed by atoms with Crippen molar-refractivity contribution in [3.05, 3.63) is 59.8 Å². The Labute approximate surface area is 154 Å². The zero-order valence-electron chi connectivity index (χ0n) is 14.5. The molecule has 7 nitrogen and oxygen atoms in total. The molecule has 0 saturated heterocycles. The van der Waals surface area contributed by atoms with Crippen LogP contribution in [0.25, 0.3) is 17.0 Å². The largest absolute Gasteiger partial charge is 0.508 e. The number of methoxy groups -OCH3 is 1. The quantitative estimate of drug-likeness (QED) is 0.396. The van der Waals surface area contributed by atoms with E-state index >= 15 is 0 Å². The number of carbonyl (C=O) groups excluding carboxylic acids is 2. The highest BCUT2D eigenvalue weighted by atomic mass is 16.5. The smallest absolute Gasteiger partial charge is 0.244 e. The van der Waals surface area contributed by atoms with Crippen LogP contribution in [0.1, 0.15) is 15.9 Å². The number of aromatic amines is 1. The van der Waals surface area contributed by atoms with Crippen LogP contribution < -0.4 is 10.1 Å². The average Bonchev–Trinajstić information content (AvgIpc) is 3.08. The monoisotopic (exact) mass is 366 g/mol. The molecule has 1 aromatic heterocycles. The number of carbonyl (C=O) groups is 2. The van der Waals surface area contributed by atoms with E-state index in [4.69, 9.17) is 4.74 Å². The fourth-order valence-electron chi connectivity index (χ4n) is 2.63. The lowest BCUT2D eigenvalue weighted by Gasteiger charge is -2.04. The third kappa shape index (κ3) is 4.09. The molecule has 0 aliphatic rings. The van der Waals surface area contributed by atoms with E-state index in [1.54, 1.807) is 30.5 Å². The van der Waals surface area contributed by atoms with Gasteiger partial charge in [-0.25, -0.2) is 0 Å². The average molecular weight is 366 g/mol. The summed E-state index contributed by atoms with van der Waals surface area (Å²) in [6.45, 7) is -0.176. The van der Waals surface area contributed by atoms with Gasteiger partial charge < -0.3 is 25.3 Å². The van der Waals surface area contributed by atoms with E-state index in [1.807, 2.05) is 0 Å². The number of nitrogens with one attached hydrogen (secondary N) is 2. The van der Waals surface area contributed by atoms with Crippen molar-refractivity contribution in [3.8, 4) is 17.2 Å². The number of Topliss-reactive ketones (excluding diaryl/α,β-unsaturated/α-hetero) is 1. The Morgan fingerprint density at radius 1 is 1.19 bits per heavy atom. The van der Waals surface area contributed by atoms with Crippen molar-refractivity contribution >= 4 is 28.7 Å². The number of rotatable bonds is 6. The SMILES string of the molecule is COc1cc(/C=C/C(=O)NCC(=O)c2c[nH]c3ccc(O)cc23)ccc1O. The van der Waals surface area contributed by atoms with Crippen molar-refractivity contribution < 1.29 is 24.5 Å². The zero-order valence-corrected chi connectivity index (χ0v) is 14.5. The number of aromatic hydroxyl groups is 2. The molecule has 4 N–H and O–H groups in total. The van der Waals surface area contributed by atoms with E-state index in [0.29, 0.717) is 22.3 Å². The Morgan fingerprint density at radius 3 is 2.78 bits per heavy atom. The lowest BCUT2D eigenvalue weighted by atomic mass is 10.1. The fourth-order valence-corrected chi connectivity index (χ4v) is 2.63. The van der Waals surface area contributed by atoms with Gasteiger partial charge in [0.25, 0.3) is 0 Å². The van der Waals surface area contributed by atoms with Gasteiger partial charge >= 0.3 is 0 Å². The Balaban J connectivity index is 1.63. The molecule has 0 unspecified atom stereocenters. The number of amides is 1. The molecule has 0 spiro atoms. The van der Waals surface area contributed by atoms with Crippen molar-refractivity contribution in [2.24, 2.45) is 0 Å². The van der Waals surface area contributed by atoms with Gasteiger partial charge in [0.05, 0.1) is 13.7 Å². The standard InChI is InChI=1S/C20H18N2O5/c1-27-19-8-12(2-6-17(19)24)3-7-20(26)22-11-18(25)15-10-21-16-5-4-13(23)9-14(15)16/h2-10,21,23-24H,11H2,1H3,(H,22,26)/b7-3+. The second-order valence-electron chi connectivity index (χ2n) is 5.84. The number of ketones is 1. The molecule has 0 aliphatic carbocycles. The minimum Gasteiger partial charge on any atom is -0.508 e. The molecule has 27 heavy (non-hydrogen) atoms. The number of ether oxygens (including phenoxy) is 1. The van der Waals surface area contributed by atoms with Gasteiger partial charge in [-0.05, 0) is 42.0 Å². The summed E-state index contributed by atoms with van der Waals surface area (Å²) in [6, 6.07) is 9.38. The zero-order chi connectivity index (χ0) is 19.4. The maximum Gasteiger partial charge on any atom is 0.244 e. The van der Waals surface area contributed by atoms with Crippen LogP contribution in [0.15, 0.2) is 48.7 Å². The van der Waals surface area contributed by atoms with Gasteiger partial charge in [0, 0.05) is 28.7 Å². The highest BCUT2D eigenvalue weighted by Crippen LogP contribution is 2.26. The van der Waals surface area contributed by atoms with Crippen molar-refractivity contribution in [1.82, 2.24) is 10.3 Å². The fraction of sp³-hybridized carbons (Fsp3) is 0.100. The summed E-state index contributed by atoms with van der Waals surface area (Å²) in [4.78, 5) is 27.3. The van der Waals surface area contributed by atoms with Crippen LogP contribution in [0, 0.1) is 0 Å². The molecule has 3 rings (SSSR count). The summed E-state index contributed by atoms with van der Waals surface area (Å²) in [7, 11) is 1.44. The van der Waals surface area contributed by atoms with E-state index in [1.165, 1.54) is 31.4 Å². The van der Waals surface area contributed by atoms with Crippen LogP contribution in [-0.4, -0.2) is 40.5 Å². The van der Waals surface area contributed by atoms with E-state index in [0.717, 1.165) is 5.52 Å². The summed E-state index contributed by atoms with van der Waals surface area (Å²) in [5.41, 5.74) is 1.79. The maximum atomic E-state index is 12.3. The molecular weight excluding hydrogens is 348 g/mol. The molecule has 0 atom stereocenters. The van der Waals surface area contributed by atoms with Crippen LogP contribution in [0.2, 0.25) is 0 Å². The number of H-pyrrole nitrogens is 1. The first kappa shape index (κ1) is 18.1. The van der Waals surface area contributed by atoms with Crippen LogP contribution in [-0.2, 0) is 4.79 Å². The summed E-state index contributed by atoms with van der Waals surface area (Å²) in [6.07, 6.45) is 4.39. The maximum absolute atomic E-state index is 12.3. The Kier molecular flexibility index (Phi) is 5.12. The van der Waals surface area contributed by atoms with Gasteiger partial charge in [-0.15, -0.1) is 0 Å². The van der Waals surface area contributed by atoms with Crippen molar-refractivity contribution in [2.75, 3.05) is 13.7 Å². The van der Waals surface area contributed by atoms with Crippen molar-refractivity contribution in [1.29, 1.82) is 0 Å². The number of benzene rings is 2. The predicted octanol–water partition coefficient (Wildman–Crippen LogP) is 2.60. The van der Waals surface area contributed by atoms with Gasteiger partial charge in [-0.2, -0.15) is 0 Å². The molecule has 2 aromatic carbocycles. The molecular formula is C20H18N2O5. The highest BCUT2D eigenvalue weighted by molar-refractivity contribution is 6.10. The molecule has 0 saturated carbocycles. The van der Waals surface area contributed by atoms with E-state index in [2.05, 4.69) is 10.3 Å². The molecule has 1 amide bonds. The molecule has 0 bridgehead atoms. The molecule has 0 aliphatic heterocycles. The predicted molar refractivity (Wildman–Crippen MR) is 101 cm³/mol. The van der Waals surface area contributed by atoms with E-state index in [9.17, 15) is 19.8 Å². The number of phenols is 2. The van der Waals surface area contributed by atoms with E-state index < -0.39 is 5.91 Å². The third-order valence-corrected chi connectivity index (χ3v) is 4.02. The molecule has 138 valence electrons. The second kappa shape index (κ2) is 7.65. The Morgan fingerprint density at radius 2 is 2.00 bits per heavy atom. The van der Waals surface area contributed by atoms with Gasteiger partial charge in [-0.3, -0.25) is 9.59 Å². The van der Waals surface area contributed by atoms with Gasteiger partial charge in [-0.1, -0.05) is 6.07 Å². The summed E-state index contributed by atoms with van der Waals surface area (Å²) in [5, 5.41) is 22.3. The third-order valence-electron chi connectivity index (χ3n) is 4.02. The minimum atomic E-state index is -0.432. The lowest BCUT2D eigenvalue weighted by molar-refractivity contribution is -0.116. The highest BCUT2D eigenvalue weighted by Gasteiger charge is 2.13. The lowest BCUT2D eigenvalue weighted by Crippen LogP contribution is -2.27. The minimum absolute atomic E-state index is 0.00876. The Hall–Kier alpha value is -3.74. The first-order chi connectivity index (χ1) is 13.0. The first-order valence-corrected chi connectivity index (χ1v) is 8.14. The first-order valence-electron chi connectivity index (χ1n) is 8.14. The molecule has 0 fully saturated rings. The topological polar surface area (TPSA) is 112 Å². The summed E-state index contributed by atoms with van der Waals surface area (Å²) in [5.74, 6) is -0.338. The van der Waals surface area contributed by atoms with Crippen LogP contribution in [0.5, 0.6) is 17.2 Å². The van der Waals surface area contributed by atoms with Gasteiger partial charge in [0.2, 0.25) is 5.91 Å². The molecule has 7 heteroatoms. The molecule has 0 radical (unpaired) electrons. The number of phenolic OH excluding ortho intramolecular Hbond substituents is 2.